The Morgan fingerprint density at radius 1 is 0.585 bits per heavy atom. The van der Waals surface area contributed by atoms with Gasteiger partial charge in [0.05, 0.1) is 33.2 Å². The number of carbonyl (C=O) groups is 2. The third kappa shape index (κ3) is 6.53. The van der Waals surface area contributed by atoms with Crippen LogP contribution in [0.5, 0.6) is 0 Å². The van der Waals surface area contributed by atoms with Crippen molar-refractivity contribution >= 4 is 111 Å². The minimum absolute atomic E-state index is 0.0763. The Morgan fingerprint density at radius 2 is 1.15 bits per heavy atom. The summed E-state index contributed by atoms with van der Waals surface area (Å²) in [6, 6.07) is 34.6. The molecule has 4 aromatic carbocycles. The van der Waals surface area contributed by atoms with Crippen LogP contribution >= 0.6 is 45.3 Å². The lowest BCUT2D eigenvalue weighted by Crippen LogP contribution is -2.11. The number of fused-ring (bicyclic) bond motifs is 4. The Hall–Kier alpha value is -5.92. The molecule has 2 amide bonds. The first-order valence-corrected chi connectivity index (χ1v) is 20.0. The molecule has 0 radical (unpaired) electrons. The quantitative estimate of drug-likeness (QED) is 0.135. The largest absolute Gasteiger partial charge is 0.321 e. The Labute approximate surface area is 318 Å². The average Bonchev–Trinajstić information content (AvgIpc) is 4.01. The lowest BCUT2D eigenvalue weighted by atomic mass is 10.1. The van der Waals surface area contributed by atoms with E-state index in [4.69, 9.17) is 0 Å². The van der Waals surface area contributed by atoms with Crippen LogP contribution in [-0.2, 0) is 0 Å². The Morgan fingerprint density at radius 3 is 1.66 bits per heavy atom. The second kappa shape index (κ2) is 13.9. The van der Waals surface area contributed by atoms with Crippen molar-refractivity contribution in [2.75, 3.05) is 10.6 Å². The summed E-state index contributed by atoms with van der Waals surface area (Å²) in [4.78, 5) is 28.8. The summed E-state index contributed by atoms with van der Waals surface area (Å²) in [5.74, 6) is -0.169. The van der Waals surface area contributed by atoms with Crippen molar-refractivity contribution in [2.45, 2.75) is 6.92 Å². The third-order valence-electron chi connectivity index (χ3n) is 8.81. The predicted octanol–water partition coefficient (Wildman–Crippen LogP) is 11.8. The molecule has 0 bridgehead atoms. The molecule has 6 aromatic heterocycles. The lowest BCUT2D eigenvalue weighted by Gasteiger charge is -2.08. The number of carbonyl (C=O) groups excluding carboxylic acids is 2. The van der Waals surface area contributed by atoms with Crippen molar-refractivity contribution in [3.63, 3.8) is 0 Å². The fourth-order valence-corrected chi connectivity index (χ4v) is 9.88. The van der Waals surface area contributed by atoms with Crippen molar-refractivity contribution in [1.29, 1.82) is 0 Å². The lowest BCUT2D eigenvalue weighted by molar-refractivity contribution is 0.102. The fraction of sp³-hybridized carbons (Fsp3) is 0.0244. The van der Waals surface area contributed by atoms with Gasteiger partial charge >= 0.3 is 0 Å². The normalized spacial score (nSPS) is 11.3. The zero-order valence-corrected chi connectivity index (χ0v) is 31.2. The molecule has 0 aliphatic rings. The number of anilines is 2. The zero-order chi connectivity index (χ0) is 35.9. The molecule has 0 aliphatic carbocycles. The van der Waals surface area contributed by atoms with Crippen LogP contribution in [0.2, 0.25) is 0 Å². The number of aryl methyl sites for hydroxylation is 1. The number of thiophene rings is 4. The second-order valence-corrected chi connectivity index (χ2v) is 16.4. The number of hydrogen-bond acceptors (Lipinski definition) is 8. The summed E-state index contributed by atoms with van der Waals surface area (Å²) < 4.78 is 2.48. The van der Waals surface area contributed by atoms with Gasteiger partial charge in [-0.1, -0.05) is 42.5 Å². The standard InChI is InChI=1S/C21H15N3OS2.C20H13N3OS2/c1-12-6-7-26-20(12)21(25)23-15-8-14-11-22-24-19(14)16(10-15)18-9-13-4-2-3-5-17(13)27-18;24-20(17-6-3-7-25-17)22-14-8-13-11-21-23-19(13)15(10-14)18-9-12-4-1-2-5-16(12)26-18/h2-11H,1H3,(H,22,24)(H,23,25);1-11H,(H,21,23)(H,22,24). The highest BCUT2D eigenvalue weighted by Gasteiger charge is 2.16. The Kier molecular flexibility index (Phi) is 8.64. The topological polar surface area (TPSA) is 116 Å². The average molecular weight is 765 g/mol. The molecule has 6 heterocycles. The number of aromatic amines is 2. The number of rotatable bonds is 6. The minimum atomic E-state index is -0.0925. The zero-order valence-electron chi connectivity index (χ0n) is 28.0. The maximum Gasteiger partial charge on any atom is 0.265 e. The van der Waals surface area contributed by atoms with Crippen LogP contribution in [0, 0.1) is 6.92 Å². The number of amides is 2. The molecule has 0 saturated heterocycles. The van der Waals surface area contributed by atoms with Crippen LogP contribution in [0.15, 0.2) is 126 Å². The van der Waals surface area contributed by atoms with Crippen molar-refractivity contribution in [3.8, 4) is 20.9 Å². The van der Waals surface area contributed by atoms with E-state index in [1.807, 2.05) is 78.3 Å². The molecule has 8 nitrogen and oxygen atoms in total. The SMILES string of the molecule is Cc1ccsc1C(=O)Nc1cc(-c2cc3ccccc3s2)c2[nH]ncc2c1.O=C(Nc1cc(-c2cc3ccccc3s2)c2[nH]ncc2c1)c1cccs1. The molecular weight excluding hydrogens is 737 g/mol. The molecule has 0 aliphatic heterocycles. The van der Waals surface area contributed by atoms with Crippen LogP contribution in [-0.4, -0.2) is 32.2 Å². The van der Waals surface area contributed by atoms with Gasteiger partial charge in [-0.2, -0.15) is 10.2 Å². The van der Waals surface area contributed by atoms with E-state index in [1.165, 1.54) is 42.8 Å². The molecule has 0 saturated carbocycles. The summed E-state index contributed by atoms with van der Waals surface area (Å²) in [6.45, 7) is 1.95. The fourth-order valence-electron chi connectivity index (χ4n) is 6.27. The summed E-state index contributed by atoms with van der Waals surface area (Å²) in [7, 11) is 0. The van der Waals surface area contributed by atoms with Gasteiger partial charge in [-0.25, -0.2) is 0 Å². The number of nitrogens with one attached hydrogen (secondary N) is 4. The van der Waals surface area contributed by atoms with E-state index in [0.29, 0.717) is 4.88 Å². The van der Waals surface area contributed by atoms with E-state index in [0.717, 1.165) is 64.5 Å². The van der Waals surface area contributed by atoms with E-state index in [9.17, 15) is 9.59 Å². The summed E-state index contributed by atoms with van der Waals surface area (Å²) in [5.41, 5.74) is 6.58. The van der Waals surface area contributed by atoms with E-state index in [1.54, 1.807) is 35.1 Å². The predicted molar refractivity (Wildman–Crippen MR) is 223 cm³/mol. The molecule has 12 heteroatoms. The minimum Gasteiger partial charge on any atom is -0.321 e. The number of H-pyrrole nitrogens is 2. The van der Waals surface area contributed by atoms with Gasteiger partial charge in [0.2, 0.25) is 0 Å². The van der Waals surface area contributed by atoms with Crippen LogP contribution in [0.25, 0.3) is 62.9 Å². The van der Waals surface area contributed by atoms with Gasteiger partial charge in [0.15, 0.2) is 0 Å². The van der Waals surface area contributed by atoms with Crippen LogP contribution < -0.4 is 10.6 Å². The second-order valence-electron chi connectivity index (χ2n) is 12.3. The summed E-state index contributed by atoms with van der Waals surface area (Å²) in [5, 5.41) is 28.8. The van der Waals surface area contributed by atoms with Crippen LogP contribution in [0.1, 0.15) is 24.9 Å². The highest BCUT2D eigenvalue weighted by Crippen LogP contribution is 2.40. The van der Waals surface area contributed by atoms with Gasteiger partial charge in [0, 0.05) is 52.4 Å². The molecule has 0 atom stereocenters. The molecule has 53 heavy (non-hydrogen) atoms. The molecule has 4 N–H and O–H groups in total. The summed E-state index contributed by atoms with van der Waals surface area (Å²) in [6.07, 6.45) is 3.57. The number of nitrogens with zero attached hydrogens (tertiary/aromatic N) is 2. The van der Waals surface area contributed by atoms with Gasteiger partial charge in [0.25, 0.3) is 11.8 Å². The number of benzene rings is 4. The van der Waals surface area contributed by atoms with Crippen LogP contribution in [0.3, 0.4) is 0 Å². The molecule has 0 fully saturated rings. The third-order valence-corrected chi connectivity index (χ3v) is 13.0. The molecule has 0 spiro atoms. The smallest absolute Gasteiger partial charge is 0.265 e. The molecule has 0 unspecified atom stereocenters. The summed E-state index contributed by atoms with van der Waals surface area (Å²) >= 11 is 6.36. The highest BCUT2D eigenvalue weighted by molar-refractivity contribution is 7.22. The van der Waals surface area contributed by atoms with E-state index in [-0.39, 0.29) is 11.8 Å². The Balaban J connectivity index is 0.000000141. The van der Waals surface area contributed by atoms with Crippen molar-refractivity contribution in [2.24, 2.45) is 0 Å². The molecule has 258 valence electrons. The van der Waals surface area contributed by atoms with E-state index in [2.05, 4.69) is 73.5 Å². The van der Waals surface area contributed by atoms with Crippen molar-refractivity contribution < 1.29 is 9.59 Å². The maximum absolute atomic E-state index is 12.6. The van der Waals surface area contributed by atoms with Gasteiger partial charge in [-0.05, 0) is 94.7 Å². The maximum atomic E-state index is 12.6. The first-order chi connectivity index (χ1) is 26.0. The number of aromatic nitrogens is 4. The van der Waals surface area contributed by atoms with Crippen molar-refractivity contribution in [3.05, 3.63) is 142 Å². The van der Waals surface area contributed by atoms with E-state index >= 15 is 0 Å². The monoisotopic (exact) mass is 764 g/mol. The van der Waals surface area contributed by atoms with Gasteiger partial charge in [-0.15, -0.1) is 45.3 Å². The molecule has 10 rings (SSSR count). The van der Waals surface area contributed by atoms with Crippen molar-refractivity contribution in [1.82, 2.24) is 20.4 Å². The van der Waals surface area contributed by atoms with Gasteiger partial charge in [0.1, 0.15) is 0 Å². The van der Waals surface area contributed by atoms with Gasteiger partial charge < -0.3 is 10.6 Å². The van der Waals surface area contributed by atoms with E-state index < -0.39 is 0 Å². The first kappa shape index (κ1) is 33.0. The first-order valence-electron chi connectivity index (χ1n) is 16.6. The molecule has 10 aromatic rings. The molecular formula is C41H28N6O2S4. The Bertz CT molecular complexity index is 2860. The highest BCUT2D eigenvalue weighted by atomic mass is 32.1. The van der Waals surface area contributed by atoms with Crippen LogP contribution in [0.4, 0.5) is 11.4 Å². The number of hydrogen-bond donors (Lipinski definition) is 4. The van der Waals surface area contributed by atoms with Gasteiger partial charge in [-0.3, -0.25) is 19.8 Å².